The normalized spacial score (nSPS) is 12.0. The highest BCUT2D eigenvalue weighted by atomic mass is 79.9. The Morgan fingerprint density at radius 1 is 1.33 bits per heavy atom. The number of rotatable bonds is 7. The molecule has 0 saturated heterocycles. The van der Waals surface area contributed by atoms with Crippen LogP contribution in [0.5, 0.6) is 0 Å². The van der Waals surface area contributed by atoms with Gasteiger partial charge in [-0.2, -0.15) is 13.2 Å². The quantitative estimate of drug-likeness (QED) is 0.774. The van der Waals surface area contributed by atoms with Crippen molar-refractivity contribution < 1.29 is 18.3 Å². The summed E-state index contributed by atoms with van der Waals surface area (Å²) < 4.78 is 38.3. The van der Waals surface area contributed by atoms with E-state index in [1.165, 1.54) is 0 Å². The van der Waals surface area contributed by atoms with Crippen molar-refractivity contribution in [2.24, 2.45) is 0 Å². The summed E-state index contributed by atoms with van der Waals surface area (Å²) in [6.45, 7) is 3.21. The second-order valence-electron chi connectivity index (χ2n) is 5.08. The Morgan fingerprint density at radius 2 is 2.00 bits per heavy atom. The van der Waals surface area contributed by atoms with E-state index in [2.05, 4.69) is 21.2 Å². The summed E-state index contributed by atoms with van der Waals surface area (Å²) in [4.78, 5) is 1.11. The van der Waals surface area contributed by atoms with E-state index in [-0.39, 0.29) is 13.2 Å². The van der Waals surface area contributed by atoms with Crippen molar-refractivity contribution in [1.29, 1.82) is 0 Å². The van der Waals surface area contributed by atoms with Gasteiger partial charge in [0.1, 0.15) is 6.54 Å². The number of alkyl halides is 3. The molecule has 0 spiro atoms. The van der Waals surface area contributed by atoms with Crippen LogP contribution in [0.15, 0.2) is 22.7 Å². The standard InChI is InChI=1S/C14H20BrF3N2O/c1-10(2)19-8-11-3-4-13(12(15)7-11)20(5-6-21)9-14(16,17)18/h3-4,7,10,19,21H,5-6,8-9H2,1-2H3. The average molecular weight is 369 g/mol. The highest BCUT2D eigenvalue weighted by Gasteiger charge is 2.31. The van der Waals surface area contributed by atoms with Gasteiger partial charge < -0.3 is 15.3 Å². The van der Waals surface area contributed by atoms with Gasteiger partial charge in [-0.25, -0.2) is 0 Å². The molecule has 0 heterocycles. The molecule has 21 heavy (non-hydrogen) atoms. The molecule has 1 aromatic carbocycles. The lowest BCUT2D eigenvalue weighted by molar-refractivity contribution is -0.119. The highest BCUT2D eigenvalue weighted by molar-refractivity contribution is 9.10. The molecule has 2 N–H and O–H groups in total. The van der Waals surface area contributed by atoms with Crippen LogP contribution in [-0.2, 0) is 6.54 Å². The van der Waals surface area contributed by atoms with Crippen molar-refractivity contribution in [3.8, 4) is 0 Å². The zero-order chi connectivity index (χ0) is 16.0. The fraction of sp³-hybridized carbons (Fsp3) is 0.571. The highest BCUT2D eigenvalue weighted by Crippen LogP contribution is 2.30. The van der Waals surface area contributed by atoms with Gasteiger partial charge in [0.2, 0.25) is 0 Å². The maximum Gasteiger partial charge on any atom is 0.405 e. The Morgan fingerprint density at radius 3 is 2.48 bits per heavy atom. The van der Waals surface area contributed by atoms with E-state index >= 15 is 0 Å². The molecule has 0 aromatic heterocycles. The number of hydrogen-bond acceptors (Lipinski definition) is 3. The van der Waals surface area contributed by atoms with Gasteiger partial charge >= 0.3 is 6.18 Å². The molecule has 0 fully saturated rings. The van der Waals surface area contributed by atoms with E-state index < -0.39 is 12.7 Å². The van der Waals surface area contributed by atoms with E-state index in [9.17, 15) is 13.2 Å². The molecular formula is C14H20BrF3N2O. The minimum atomic E-state index is -4.31. The van der Waals surface area contributed by atoms with Crippen LogP contribution in [0.2, 0.25) is 0 Å². The van der Waals surface area contributed by atoms with Gasteiger partial charge in [0, 0.05) is 23.6 Å². The average Bonchev–Trinajstić information content (AvgIpc) is 2.34. The van der Waals surface area contributed by atoms with E-state index in [1.807, 2.05) is 13.8 Å². The molecule has 0 saturated carbocycles. The predicted octanol–water partition coefficient (Wildman–Crippen LogP) is 3.31. The van der Waals surface area contributed by atoms with E-state index in [0.29, 0.717) is 22.7 Å². The van der Waals surface area contributed by atoms with Crippen LogP contribution in [0.3, 0.4) is 0 Å². The van der Waals surface area contributed by atoms with Crippen LogP contribution in [-0.4, -0.2) is 37.0 Å². The number of nitrogens with zero attached hydrogens (tertiary/aromatic N) is 1. The number of halogens is 4. The molecule has 120 valence electrons. The zero-order valence-corrected chi connectivity index (χ0v) is 13.6. The molecule has 0 bridgehead atoms. The number of anilines is 1. The largest absolute Gasteiger partial charge is 0.405 e. The first-order valence-corrected chi connectivity index (χ1v) is 7.46. The molecule has 0 aliphatic heterocycles. The third kappa shape index (κ3) is 6.67. The molecule has 0 unspecified atom stereocenters. The lowest BCUT2D eigenvalue weighted by Gasteiger charge is -2.26. The van der Waals surface area contributed by atoms with Crippen molar-refractivity contribution in [1.82, 2.24) is 5.32 Å². The molecule has 7 heteroatoms. The summed E-state index contributed by atoms with van der Waals surface area (Å²) in [6, 6.07) is 5.56. The van der Waals surface area contributed by atoms with Gasteiger partial charge in [-0.15, -0.1) is 0 Å². The predicted molar refractivity (Wildman–Crippen MR) is 81.5 cm³/mol. The second-order valence-corrected chi connectivity index (χ2v) is 5.94. The van der Waals surface area contributed by atoms with Gasteiger partial charge in [0.15, 0.2) is 0 Å². The molecule has 0 amide bonds. The Kier molecular flexibility index (Phi) is 6.96. The van der Waals surface area contributed by atoms with Gasteiger partial charge in [-0.1, -0.05) is 19.9 Å². The van der Waals surface area contributed by atoms with Crippen molar-refractivity contribution in [3.05, 3.63) is 28.2 Å². The number of hydrogen-bond donors (Lipinski definition) is 2. The first-order chi connectivity index (χ1) is 9.73. The van der Waals surface area contributed by atoms with Gasteiger partial charge in [0.05, 0.1) is 12.3 Å². The van der Waals surface area contributed by atoms with Crippen molar-refractivity contribution >= 4 is 21.6 Å². The topological polar surface area (TPSA) is 35.5 Å². The van der Waals surface area contributed by atoms with Gasteiger partial charge in [-0.05, 0) is 33.6 Å². The number of aliphatic hydroxyl groups is 1. The SMILES string of the molecule is CC(C)NCc1ccc(N(CCO)CC(F)(F)F)c(Br)c1. The zero-order valence-electron chi connectivity index (χ0n) is 12.0. The lowest BCUT2D eigenvalue weighted by atomic mass is 10.2. The van der Waals surface area contributed by atoms with Crippen LogP contribution >= 0.6 is 15.9 Å². The van der Waals surface area contributed by atoms with Crippen molar-refractivity contribution in [2.45, 2.75) is 32.6 Å². The van der Waals surface area contributed by atoms with Crippen LogP contribution in [0.4, 0.5) is 18.9 Å². The van der Waals surface area contributed by atoms with Crippen molar-refractivity contribution in [3.63, 3.8) is 0 Å². The Bertz CT molecular complexity index is 452. The van der Waals surface area contributed by atoms with Crippen LogP contribution in [0, 0.1) is 0 Å². The number of benzene rings is 1. The van der Waals surface area contributed by atoms with Crippen LogP contribution in [0.25, 0.3) is 0 Å². The summed E-state index contributed by atoms with van der Waals surface area (Å²) >= 11 is 3.31. The van der Waals surface area contributed by atoms with Crippen LogP contribution in [0.1, 0.15) is 19.4 Å². The molecule has 0 aliphatic rings. The molecule has 0 radical (unpaired) electrons. The minimum Gasteiger partial charge on any atom is -0.395 e. The first kappa shape index (κ1) is 18.3. The summed E-state index contributed by atoms with van der Waals surface area (Å²) in [5, 5.41) is 12.2. The third-order valence-corrected chi connectivity index (χ3v) is 3.44. The smallest absolute Gasteiger partial charge is 0.395 e. The molecule has 3 nitrogen and oxygen atoms in total. The maximum atomic E-state index is 12.6. The summed E-state index contributed by atoms with van der Waals surface area (Å²) in [6.07, 6.45) is -4.31. The summed E-state index contributed by atoms with van der Waals surface area (Å²) in [5.41, 5.74) is 1.41. The van der Waals surface area contributed by atoms with Crippen molar-refractivity contribution in [2.75, 3.05) is 24.6 Å². The Labute approximate surface area is 131 Å². The molecule has 0 aliphatic carbocycles. The minimum absolute atomic E-state index is 0.0678. The summed E-state index contributed by atoms with van der Waals surface area (Å²) in [7, 11) is 0. The second kappa shape index (κ2) is 8.00. The fourth-order valence-corrected chi connectivity index (χ4v) is 2.54. The number of aliphatic hydroxyl groups excluding tert-OH is 1. The monoisotopic (exact) mass is 368 g/mol. The molecular weight excluding hydrogens is 349 g/mol. The van der Waals surface area contributed by atoms with E-state index in [0.717, 1.165) is 10.5 Å². The first-order valence-electron chi connectivity index (χ1n) is 6.67. The van der Waals surface area contributed by atoms with Crippen LogP contribution < -0.4 is 10.2 Å². The molecule has 0 atom stereocenters. The Balaban J connectivity index is 2.89. The summed E-state index contributed by atoms with van der Waals surface area (Å²) in [5.74, 6) is 0. The van der Waals surface area contributed by atoms with E-state index in [1.54, 1.807) is 18.2 Å². The lowest BCUT2D eigenvalue weighted by Crippen LogP contribution is -2.36. The van der Waals surface area contributed by atoms with Gasteiger partial charge in [-0.3, -0.25) is 0 Å². The number of nitrogens with one attached hydrogen (secondary N) is 1. The Hall–Kier alpha value is -0.790. The van der Waals surface area contributed by atoms with Gasteiger partial charge in [0.25, 0.3) is 0 Å². The van der Waals surface area contributed by atoms with E-state index in [4.69, 9.17) is 5.11 Å². The molecule has 1 aromatic rings. The fourth-order valence-electron chi connectivity index (χ4n) is 1.86. The third-order valence-electron chi connectivity index (χ3n) is 2.81. The maximum absolute atomic E-state index is 12.6. The molecule has 1 rings (SSSR count).